The molecule has 0 atom stereocenters. The number of anilines is 3. The standard InChI is InChI=1S/C53H37N3/c1-3-10-38(11-4-1)41-22-28-46(29-23-41)55(47-30-24-42(25-31-47)39-12-5-2-6-13-39)48-32-26-43(27-33-48)40-18-20-44(21-19-40)45-14-9-15-49(36-45)56-52-17-8-7-16-50(52)51-37-54-35-34-53(51)56/h1-37H. The first kappa shape index (κ1) is 33.1. The maximum atomic E-state index is 4.42. The summed E-state index contributed by atoms with van der Waals surface area (Å²) in [4.78, 5) is 6.75. The molecule has 10 rings (SSSR count). The summed E-state index contributed by atoms with van der Waals surface area (Å²) in [6.45, 7) is 0. The molecule has 0 aliphatic heterocycles. The van der Waals surface area contributed by atoms with Crippen molar-refractivity contribution in [3.63, 3.8) is 0 Å². The van der Waals surface area contributed by atoms with E-state index in [0.29, 0.717) is 0 Å². The van der Waals surface area contributed by atoms with Crippen LogP contribution >= 0.6 is 0 Å². The van der Waals surface area contributed by atoms with Gasteiger partial charge >= 0.3 is 0 Å². The number of rotatable bonds is 8. The Hall–Kier alpha value is -7.49. The van der Waals surface area contributed by atoms with Crippen LogP contribution in [0.15, 0.2) is 225 Å². The average molecular weight is 716 g/mol. The van der Waals surface area contributed by atoms with Crippen molar-refractivity contribution in [3.05, 3.63) is 225 Å². The SMILES string of the molecule is c1ccc(-c2ccc(N(c3ccc(-c4ccccc4)cc3)c3ccc(-c4ccc(-c5cccc(-n6c7ccccc7c7cnccc76)c5)cc4)cc3)cc2)cc1. The molecule has 56 heavy (non-hydrogen) atoms. The molecule has 0 aliphatic rings. The fourth-order valence-corrected chi connectivity index (χ4v) is 7.89. The summed E-state index contributed by atoms with van der Waals surface area (Å²) in [6.07, 6.45) is 3.84. The van der Waals surface area contributed by atoms with E-state index in [0.717, 1.165) is 33.7 Å². The van der Waals surface area contributed by atoms with Gasteiger partial charge in [-0.3, -0.25) is 4.98 Å². The molecule has 0 fully saturated rings. The number of hydrogen-bond donors (Lipinski definition) is 0. The van der Waals surface area contributed by atoms with Crippen molar-refractivity contribution in [2.45, 2.75) is 0 Å². The monoisotopic (exact) mass is 715 g/mol. The Kier molecular flexibility index (Phi) is 8.51. The second-order valence-electron chi connectivity index (χ2n) is 14.1. The summed E-state index contributed by atoms with van der Waals surface area (Å²) in [6, 6.07) is 76.1. The third kappa shape index (κ3) is 6.21. The predicted octanol–water partition coefficient (Wildman–Crippen LogP) is 14.3. The lowest BCUT2D eigenvalue weighted by Gasteiger charge is -2.26. The van der Waals surface area contributed by atoms with Gasteiger partial charge in [0.05, 0.1) is 11.0 Å². The average Bonchev–Trinajstić information content (AvgIpc) is 3.62. The third-order valence-electron chi connectivity index (χ3n) is 10.7. The number of pyridine rings is 1. The summed E-state index contributed by atoms with van der Waals surface area (Å²) in [5.41, 5.74) is 16.3. The molecule has 3 nitrogen and oxygen atoms in total. The summed E-state index contributed by atoms with van der Waals surface area (Å²) < 4.78 is 2.34. The van der Waals surface area contributed by atoms with Crippen LogP contribution in [-0.4, -0.2) is 9.55 Å². The second kappa shape index (κ2) is 14.4. The largest absolute Gasteiger partial charge is 0.311 e. The minimum Gasteiger partial charge on any atom is -0.311 e. The van der Waals surface area contributed by atoms with E-state index in [9.17, 15) is 0 Å². The number of para-hydroxylation sites is 1. The van der Waals surface area contributed by atoms with Crippen LogP contribution in [0, 0.1) is 0 Å². The second-order valence-corrected chi connectivity index (χ2v) is 14.1. The van der Waals surface area contributed by atoms with E-state index < -0.39 is 0 Å². The van der Waals surface area contributed by atoms with E-state index in [1.807, 2.05) is 12.4 Å². The van der Waals surface area contributed by atoms with E-state index in [1.54, 1.807) is 0 Å². The van der Waals surface area contributed by atoms with Gasteiger partial charge in [-0.2, -0.15) is 0 Å². The van der Waals surface area contributed by atoms with Gasteiger partial charge < -0.3 is 9.47 Å². The van der Waals surface area contributed by atoms with E-state index >= 15 is 0 Å². The van der Waals surface area contributed by atoms with Crippen molar-refractivity contribution in [1.29, 1.82) is 0 Å². The van der Waals surface area contributed by atoms with E-state index in [1.165, 1.54) is 55.4 Å². The molecule has 264 valence electrons. The van der Waals surface area contributed by atoms with Crippen molar-refractivity contribution in [2.24, 2.45) is 0 Å². The topological polar surface area (TPSA) is 21.1 Å². The smallest absolute Gasteiger partial charge is 0.0571 e. The highest BCUT2D eigenvalue weighted by Gasteiger charge is 2.15. The van der Waals surface area contributed by atoms with Crippen LogP contribution in [0.4, 0.5) is 17.1 Å². The van der Waals surface area contributed by atoms with Crippen LogP contribution in [0.5, 0.6) is 0 Å². The minimum atomic E-state index is 1.10. The molecule has 0 saturated carbocycles. The van der Waals surface area contributed by atoms with Crippen LogP contribution in [0.25, 0.3) is 72.0 Å². The summed E-state index contributed by atoms with van der Waals surface area (Å²) in [5, 5.41) is 2.37. The molecule has 0 bridgehead atoms. The Morgan fingerprint density at radius 3 is 1.27 bits per heavy atom. The number of benzene rings is 8. The van der Waals surface area contributed by atoms with Crippen LogP contribution in [0.3, 0.4) is 0 Å². The highest BCUT2D eigenvalue weighted by atomic mass is 15.1. The van der Waals surface area contributed by atoms with E-state index in [-0.39, 0.29) is 0 Å². The van der Waals surface area contributed by atoms with Gasteiger partial charge in [0, 0.05) is 45.9 Å². The molecular formula is C53H37N3. The Balaban J connectivity index is 0.952. The van der Waals surface area contributed by atoms with Crippen LogP contribution in [-0.2, 0) is 0 Å². The molecule has 0 spiro atoms. The first-order valence-electron chi connectivity index (χ1n) is 19.0. The van der Waals surface area contributed by atoms with Crippen molar-refractivity contribution in [3.8, 4) is 50.2 Å². The Labute approximate surface area is 327 Å². The van der Waals surface area contributed by atoms with Gasteiger partial charge in [-0.05, 0) is 105 Å². The Morgan fingerprint density at radius 1 is 0.321 bits per heavy atom. The van der Waals surface area contributed by atoms with Gasteiger partial charge in [0.25, 0.3) is 0 Å². The van der Waals surface area contributed by atoms with Crippen molar-refractivity contribution in [2.75, 3.05) is 4.90 Å². The lowest BCUT2D eigenvalue weighted by Crippen LogP contribution is -2.09. The number of nitrogens with zero attached hydrogens (tertiary/aromatic N) is 3. The molecule has 10 aromatic rings. The van der Waals surface area contributed by atoms with Gasteiger partial charge in [0.15, 0.2) is 0 Å². The zero-order chi connectivity index (χ0) is 37.3. The Morgan fingerprint density at radius 2 is 0.732 bits per heavy atom. The summed E-state index contributed by atoms with van der Waals surface area (Å²) in [5.74, 6) is 0. The molecular weight excluding hydrogens is 679 g/mol. The van der Waals surface area contributed by atoms with Crippen LogP contribution < -0.4 is 4.90 Å². The normalized spacial score (nSPS) is 11.2. The molecule has 2 aromatic heterocycles. The van der Waals surface area contributed by atoms with Gasteiger partial charge in [0.2, 0.25) is 0 Å². The fourth-order valence-electron chi connectivity index (χ4n) is 7.89. The zero-order valence-electron chi connectivity index (χ0n) is 30.7. The van der Waals surface area contributed by atoms with Crippen molar-refractivity contribution >= 4 is 38.9 Å². The highest BCUT2D eigenvalue weighted by molar-refractivity contribution is 6.08. The molecule has 2 heterocycles. The first-order valence-corrected chi connectivity index (χ1v) is 19.0. The molecule has 0 radical (unpaired) electrons. The minimum absolute atomic E-state index is 1.10. The highest BCUT2D eigenvalue weighted by Crippen LogP contribution is 2.38. The van der Waals surface area contributed by atoms with Crippen LogP contribution in [0.1, 0.15) is 0 Å². The quantitative estimate of drug-likeness (QED) is 0.156. The van der Waals surface area contributed by atoms with Crippen molar-refractivity contribution < 1.29 is 0 Å². The predicted molar refractivity (Wildman–Crippen MR) is 235 cm³/mol. The molecule has 0 unspecified atom stereocenters. The lowest BCUT2D eigenvalue weighted by atomic mass is 9.99. The number of hydrogen-bond acceptors (Lipinski definition) is 2. The molecule has 0 aliphatic carbocycles. The van der Waals surface area contributed by atoms with Gasteiger partial charge in [0.1, 0.15) is 0 Å². The first-order chi connectivity index (χ1) is 27.8. The number of fused-ring (bicyclic) bond motifs is 3. The molecule has 0 N–H and O–H groups in total. The maximum Gasteiger partial charge on any atom is 0.0571 e. The summed E-state index contributed by atoms with van der Waals surface area (Å²) >= 11 is 0. The van der Waals surface area contributed by atoms with E-state index in [4.69, 9.17) is 0 Å². The maximum absolute atomic E-state index is 4.42. The van der Waals surface area contributed by atoms with Gasteiger partial charge in [-0.25, -0.2) is 0 Å². The summed E-state index contributed by atoms with van der Waals surface area (Å²) in [7, 11) is 0. The fraction of sp³-hybridized carbons (Fsp3) is 0. The van der Waals surface area contributed by atoms with Crippen molar-refractivity contribution in [1.82, 2.24) is 9.55 Å². The van der Waals surface area contributed by atoms with Crippen LogP contribution in [0.2, 0.25) is 0 Å². The number of aromatic nitrogens is 2. The molecule has 0 saturated heterocycles. The molecule has 8 aromatic carbocycles. The Bertz CT molecular complexity index is 2780. The van der Waals surface area contributed by atoms with Gasteiger partial charge in [-0.15, -0.1) is 0 Å². The van der Waals surface area contributed by atoms with Gasteiger partial charge in [-0.1, -0.05) is 152 Å². The third-order valence-corrected chi connectivity index (χ3v) is 10.7. The van der Waals surface area contributed by atoms with E-state index in [2.05, 4.69) is 227 Å². The zero-order valence-corrected chi connectivity index (χ0v) is 30.7. The molecule has 3 heteroatoms. The lowest BCUT2D eigenvalue weighted by molar-refractivity contribution is 1.17. The molecule has 0 amide bonds.